The number of alkyl halides is 3. The summed E-state index contributed by atoms with van der Waals surface area (Å²) in [6, 6.07) is 11.3. The van der Waals surface area contributed by atoms with Crippen molar-refractivity contribution in [2.45, 2.75) is 6.36 Å². The Balaban J connectivity index is 1.92. The van der Waals surface area contributed by atoms with E-state index < -0.39 is 18.0 Å². The van der Waals surface area contributed by atoms with E-state index in [1.54, 1.807) is 24.3 Å². The monoisotopic (exact) mass is 366 g/mol. The number of rotatable bonds is 6. The van der Waals surface area contributed by atoms with Crippen LogP contribution in [0.3, 0.4) is 0 Å². The summed E-state index contributed by atoms with van der Waals surface area (Å²) in [6.45, 7) is -0.221. The van der Waals surface area contributed by atoms with Gasteiger partial charge in [0.25, 0.3) is 5.91 Å². The summed E-state index contributed by atoms with van der Waals surface area (Å²) in [7, 11) is 3.75. The third kappa shape index (κ3) is 5.51. The number of anilines is 1. The fourth-order valence-corrected chi connectivity index (χ4v) is 2.12. The van der Waals surface area contributed by atoms with Gasteiger partial charge in [-0.05, 0) is 48.5 Å². The molecular formula is C18H17F3N2O3. The minimum atomic E-state index is -4.79. The summed E-state index contributed by atoms with van der Waals surface area (Å²) in [6.07, 6.45) is -4.79. The second kappa shape index (κ2) is 7.90. The van der Waals surface area contributed by atoms with Gasteiger partial charge in [0, 0.05) is 30.9 Å². The second-order valence-corrected chi connectivity index (χ2v) is 5.62. The van der Waals surface area contributed by atoms with Gasteiger partial charge < -0.3 is 15.0 Å². The molecule has 2 aromatic carbocycles. The Morgan fingerprint density at radius 1 is 0.962 bits per heavy atom. The maximum absolute atomic E-state index is 12.1. The van der Waals surface area contributed by atoms with E-state index in [0.717, 1.165) is 17.8 Å². The maximum atomic E-state index is 12.1. The van der Waals surface area contributed by atoms with E-state index in [1.165, 1.54) is 12.1 Å². The molecule has 0 aliphatic carbocycles. The van der Waals surface area contributed by atoms with Crippen LogP contribution in [-0.2, 0) is 0 Å². The zero-order valence-corrected chi connectivity index (χ0v) is 14.1. The minimum Gasteiger partial charge on any atom is -0.406 e. The Morgan fingerprint density at radius 3 is 2.00 bits per heavy atom. The van der Waals surface area contributed by atoms with Crippen LogP contribution in [0.1, 0.15) is 20.7 Å². The molecule has 2 aromatic rings. The molecule has 0 aliphatic heterocycles. The summed E-state index contributed by atoms with van der Waals surface area (Å²) >= 11 is 0. The third-order valence-electron chi connectivity index (χ3n) is 3.47. The SMILES string of the molecule is CN(C)c1ccc(C(=O)CNC(=O)c2ccc(OC(F)(F)F)cc2)cc1. The molecule has 0 radical (unpaired) electrons. The highest BCUT2D eigenvalue weighted by Gasteiger charge is 2.31. The zero-order valence-electron chi connectivity index (χ0n) is 14.1. The fourth-order valence-electron chi connectivity index (χ4n) is 2.12. The summed E-state index contributed by atoms with van der Waals surface area (Å²) < 4.78 is 40.0. The number of halogens is 3. The van der Waals surface area contributed by atoms with E-state index in [4.69, 9.17) is 0 Å². The Morgan fingerprint density at radius 2 is 1.50 bits per heavy atom. The topological polar surface area (TPSA) is 58.6 Å². The van der Waals surface area contributed by atoms with E-state index in [0.29, 0.717) is 5.56 Å². The lowest BCUT2D eigenvalue weighted by Gasteiger charge is -2.12. The van der Waals surface area contributed by atoms with E-state index in [9.17, 15) is 22.8 Å². The molecule has 0 bridgehead atoms. The Labute approximate surface area is 148 Å². The first-order chi connectivity index (χ1) is 12.2. The number of benzene rings is 2. The molecule has 0 atom stereocenters. The van der Waals surface area contributed by atoms with E-state index in [-0.39, 0.29) is 17.9 Å². The summed E-state index contributed by atoms with van der Waals surface area (Å²) in [5.41, 5.74) is 1.51. The fraction of sp³-hybridized carbons (Fsp3) is 0.222. The van der Waals surface area contributed by atoms with Crippen molar-refractivity contribution in [1.82, 2.24) is 5.32 Å². The lowest BCUT2D eigenvalue weighted by molar-refractivity contribution is -0.274. The van der Waals surface area contributed by atoms with Gasteiger partial charge in [0.15, 0.2) is 5.78 Å². The Bertz CT molecular complexity index is 770. The molecule has 1 N–H and O–H groups in total. The molecule has 138 valence electrons. The number of carbonyl (C=O) groups is 2. The van der Waals surface area contributed by atoms with Gasteiger partial charge in [-0.2, -0.15) is 0 Å². The first kappa shape index (κ1) is 19.3. The molecule has 0 fully saturated rings. The van der Waals surface area contributed by atoms with Gasteiger partial charge in [-0.15, -0.1) is 13.2 Å². The van der Waals surface area contributed by atoms with Crippen LogP contribution in [0.25, 0.3) is 0 Å². The van der Waals surface area contributed by atoms with Crippen LogP contribution < -0.4 is 15.0 Å². The van der Waals surface area contributed by atoms with Gasteiger partial charge in [0.2, 0.25) is 0 Å². The molecule has 26 heavy (non-hydrogen) atoms. The normalized spacial score (nSPS) is 11.0. The van der Waals surface area contributed by atoms with Crippen LogP contribution >= 0.6 is 0 Å². The molecule has 1 amide bonds. The van der Waals surface area contributed by atoms with Gasteiger partial charge in [0.1, 0.15) is 5.75 Å². The molecule has 0 saturated carbocycles. The lowest BCUT2D eigenvalue weighted by Crippen LogP contribution is -2.29. The van der Waals surface area contributed by atoms with E-state index in [1.807, 2.05) is 19.0 Å². The number of ketones is 1. The smallest absolute Gasteiger partial charge is 0.406 e. The average Bonchev–Trinajstić information content (AvgIpc) is 2.58. The molecule has 8 heteroatoms. The standard InChI is InChI=1S/C18H17F3N2O3/c1-23(2)14-7-3-12(4-8-14)16(24)11-22-17(25)13-5-9-15(10-6-13)26-18(19,20)21/h3-10H,11H2,1-2H3,(H,22,25). The number of nitrogens with one attached hydrogen (secondary N) is 1. The first-order valence-electron chi connectivity index (χ1n) is 7.60. The van der Waals surface area contributed by atoms with Crippen molar-refractivity contribution in [2.75, 3.05) is 25.5 Å². The highest BCUT2D eigenvalue weighted by molar-refractivity contribution is 6.02. The lowest BCUT2D eigenvalue weighted by atomic mass is 10.1. The minimum absolute atomic E-state index is 0.121. The Hall–Kier alpha value is -3.03. The van der Waals surface area contributed by atoms with Gasteiger partial charge in [0.05, 0.1) is 6.54 Å². The zero-order chi connectivity index (χ0) is 19.3. The number of nitrogens with zero attached hydrogens (tertiary/aromatic N) is 1. The molecule has 0 unspecified atom stereocenters. The molecule has 0 aromatic heterocycles. The van der Waals surface area contributed by atoms with Crippen molar-refractivity contribution in [2.24, 2.45) is 0 Å². The molecule has 0 spiro atoms. The van der Waals surface area contributed by atoms with Crippen molar-refractivity contribution < 1.29 is 27.5 Å². The second-order valence-electron chi connectivity index (χ2n) is 5.62. The summed E-state index contributed by atoms with van der Waals surface area (Å²) in [5, 5.41) is 2.44. The number of ether oxygens (including phenoxy) is 1. The van der Waals surface area contributed by atoms with Crippen molar-refractivity contribution in [3.63, 3.8) is 0 Å². The largest absolute Gasteiger partial charge is 0.573 e. The molecular weight excluding hydrogens is 349 g/mol. The van der Waals surface area contributed by atoms with Crippen molar-refractivity contribution in [1.29, 1.82) is 0 Å². The number of carbonyl (C=O) groups excluding carboxylic acids is 2. The Kier molecular flexibility index (Phi) is 5.86. The molecule has 0 aliphatic rings. The van der Waals surface area contributed by atoms with Crippen LogP contribution in [0, 0.1) is 0 Å². The van der Waals surface area contributed by atoms with Crippen molar-refractivity contribution in [3.8, 4) is 5.75 Å². The van der Waals surface area contributed by atoms with Crippen LogP contribution in [0.2, 0.25) is 0 Å². The first-order valence-corrected chi connectivity index (χ1v) is 7.60. The molecule has 0 heterocycles. The van der Waals surface area contributed by atoms with Crippen LogP contribution in [-0.4, -0.2) is 38.7 Å². The molecule has 5 nitrogen and oxygen atoms in total. The number of amides is 1. The predicted octanol–water partition coefficient (Wildman–Crippen LogP) is 3.26. The predicted molar refractivity (Wildman–Crippen MR) is 90.6 cm³/mol. The maximum Gasteiger partial charge on any atom is 0.573 e. The van der Waals surface area contributed by atoms with Crippen LogP contribution in [0.5, 0.6) is 5.75 Å². The van der Waals surface area contributed by atoms with Crippen molar-refractivity contribution in [3.05, 3.63) is 59.7 Å². The number of hydrogen-bond donors (Lipinski definition) is 1. The van der Waals surface area contributed by atoms with Crippen molar-refractivity contribution >= 4 is 17.4 Å². The van der Waals surface area contributed by atoms with Gasteiger partial charge in [-0.25, -0.2) is 0 Å². The summed E-state index contributed by atoms with van der Waals surface area (Å²) in [5.74, 6) is -1.27. The quantitative estimate of drug-likeness (QED) is 0.798. The molecule has 2 rings (SSSR count). The van der Waals surface area contributed by atoms with Gasteiger partial charge >= 0.3 is 6.36 Å². The average molecular weight is 366 g/mol. The highest BCUT2D eigenvalue weighted by atomic mass is 19.4. The number of hydrogen-bond acceptors (Lipinski definition) is 4. The van der Waals surface area contributed by atoms with E-state index >= 15 is 0 Å². The third-order valence-corrected chi connectivity index (χ3v) is 3.47. The highest BCUT2D eigenvalue weighted by Crippen LogP contribution is 2.22. The van der Waals surface area contributed by atoms with Crippen LogP contribution in [0.4, 0.5) is 18.9 Å². The van der Waals surface area contributed by atoms with Gasteiger partial charge in [-0.1, -0.05) is 0 Å². The van der Waals surface area contributed by atoms with Crippen LogP contribution in [0.15, 0.2) is 48.5 Å². The van der Waals surface area contributed by atoms with E-state index in [2.05, 4.69) is 10.1 Å². The summed E-state index contributed by atoms with van der Waals surface area (Å²) in [4.78, 5) is 26.0. The van der Waals surface area contributed by atoms with Gasteiger partial charge in [-0.3, -0.25) is 9.59 Å². The number of Topliss-reactive ketones (excluding diaryl/α,β-unsaturated/α-hetero) is 1. The molecule has 0 saturated heterocycles.